The Morgan fingerprint density at radius 2 is 1.82 bits per heavy atom. The van der Waals surface area contributed by atoms with Gasteiger partial charge in [-0.2, -0.15) is 0 Å². The second-order valence-corrected chi connectivity index (χ2v) is 10.8. The number of aliphatic hydroxyl groups excluding tert-OH is 1. The van der Waals surface area contributed by atoms with Crippen LogP contribution in [0.15, 0.2) is 27.6 Å². The van der Waals surface area contributed by atoms with Crippen LogP contribution in [-0.2, 0) is 0 Å². The first-order valence-electron chi connectivity index (χ1n) is 11.3. The molecule has 4 fully saturated rings. The van der Waals surface area contributed by atoms with Crippen molar-refractivity contribution in [1.82, 2.24) is 0 Å². The van der Waals surface area contributed by atoms with Crippen LogP contribution in [0.25, 0.3) is 0 Å². The van der Waals surface area contributed by atoms with Crippen LogP contribution >= 0.6 is 0 Å². The number of aliphatic hydroxyl groups is 2. The molecule has 8 atom stereocenters. The topological polar surface area (TPSA) is 70.7 Å². The Morgan fingerprint density at radius 1 is 1.00 bits per heavy atom. The summed E-state index contributed by atoms with van der Waals surface area (Å²) < 4.78 is 5.17. The monoisotopic (exact) mass is 386 g/mol. The van der Waals surface area contributed by atoms with Gasteiger partial charge in [0.2, 0.25) is 0 Å². The minimum absolute atomic E-state index is 0.129. The summed E-state index contributed by atoms with van der Waals surface area (Å²) in [5.74, 6) is 1.76. The fraction of sp³-hybridized carbons (Fsp3) is 0.792. The van der Waals surface area contributed by atoms with Crippen molar-refractivity contribution in [1.29, 1.82) is 0 Å². The summed E-state index contributed by atoms with van der Waals surface area (Å²) in [6.45, 7) is 4.73. The summed E-state index contributed by atoms with van der Waals surface area (Å²) in [6.07, 6.45) is 10.7. The molecule has 4 nitrogen and oxygen atoms in total. The molecule has 0 aliphatic heterocycles. The first-order chi connectivity index (χ1) is 13.3. The van der Waals surface area contributed by atoms with Crippen molar-refractivity contribution >= 4 is 0 Å². The molecule has 0 aromatic carbocycles. The van der Waals surface area contributed by atoms with E-state index < -0.39 is 5.60 Å². The van der Waals surface area contributed by atoms with Gasteiger partial charge in [0.05, 0.1) is 18.0 Å². The summed E-state index contributed by atoms with van der Waals surface area (Å²) >= 11 is 0. The van der Waals surface area contributed by atoms with Crippen molar-refractivity contribution in [3.05, 3.63) is 34.4 Å². The lowest BCUT2D eigenvalue weighted by atomic mass is 9.43. The number of fused-ring (bicyclic) bond motifs is 5. The van der Waals surface area contributed by atoms with Crippen molar-refractivity contribution in [2.45, 2.75) is 89.3 Å². The van der Waals surface area contributed by atoms with E-state index in [2.05, 4.69) is 13.8 Å². The molecule has 5 unspecified atom stereocenters. The van der Waals surface area contributed by atoms with Crippen molar-refractivity contribution in [2.75, 3.05) is 0 Å². The molecule has 0 radical (unpaired) electrons. The highest BCUT2D eigenvalue weighted by Gasteiger charge is 2.67. The van der Waals surface area contributed by atoms with Crippen molar-refractivity contribution in [3.8, 4) is 0 Å². The number of hydrogen-bond acceptors (Lipinski definition) is 4. The third-order valence-electron chi connectivity index (χ3n) is 9.95. The molecule has 28 heavy (non-hydrogen) atoms. The van der Waals surface area contributed by atoms with E-state index in [-0.39, 0.29) is 28.5 Å². The Hall–Kier alpha value is -1.13. The standard InChI is InChI=1S/C24H34O4/c1-22-10-7-17(25)13-16(22)4-5-20-19(22)8-11-23(2)18(9-12-24(20,23)27)15-3-6-21(26)28-14-15/h3,6,14,16-20,25,27H,4-5,7-13H2,1-2H3/t16?,17?,18?,19?,20?,22-,23+,24-/m0/s1. The summed E-state index contributed by atoms with van der Waals surface area (Å²) in [5.41, 5.74) is 0.219. The van der Waals surface area contributed by atoms with Crippen LogP contribution in [0.5, 0.6) is 0 Å². The molecule has 0 spiro atoms. The Balaban J connectivity index is 1.48. The fourth-order valence-electron chi connectivity index (χ4n) is 8.30. The van der Waals surface area contributed by atoms with Gasteiger partial charge in [-0.25, -0.2) is 4.79 Å². The molecule has 5 rings (SSSR count). The minimum Gasteiger partial charge on any atom is -0.431 e. The maximum absolute atomic E-state index is 12.2. The molecule has 0 amide bonds. The van der Waals surface area contributed by atoms with Gasteiger partial charge >= 0.3 is 5.63 Å². The van der Waals surface area contributed by atoms with Gasteiger partial charge in [-0.1, -0.05) is 13.8 Å². The fourth-order valence-corrected chi connectivity index (χ4v) is 8.30. The average molecular weight is 387 g/mol. The summed E-state index contributed by atoms with van der Waals surface area (Å²) in [4.78, 5) is 11.4. The highest BCUT2D eigenvalue weighted by atomic mass is 16.4. The molecular formula is C24H34O4. The molecule has 0 saturated heterocycles. The lowest BCUT2D eigenvalue weighted by molar-refractivity contribution is -0.205. The zero-order chi connectivity index (χ0) is 19.7. The highest BCUT2D eigenvalue weighted by Crippen LogP contribution is 2.70. The highest BCUT2D eigenvalue weighted by molar-refractivity contribution is 5.27. The van der Waals surface area contributed by atoms with E-state index in [9.17, 15) is 15.0 Å². The van der Waals surface area contributed by atoms with E-state index in [1.807, 2.05) is 6.07 Å². The molecule has 4 saturated carbocycles. The van der Waals surface area contributed by atoms with Gasteiger partial charge in [-0.15, -0.1) is 0 Å². The van der Waals surface area contributed by atoms with Gasteiger partial charge in [0.25, 0.3) is 0 Å². The van der Waals surface area contributed by atoms with Gasteiger partial charge in [0, 0.05) is 11.5 Å². The first-order valence-corrected chi connectivity index (χ1v) is 11.3. The van der Waals surface area contributed by atoms with Crippen molar-refractivity contribution in [2.24, 2.45) is 28.6 Å². The second kappa shape index (κ2) is 6.18. The summed E-state index contributed by atoms with van der Waals surface area (Å²) in [5, 5.41) is 22.4. The summed E-state index contributed by atoms with van der Waals surface area (Å²) in [6, 6.07) is 3.42. The normalized spacial score (nSPS) is 50.5. The van der Waals surface area contributed by atoms with Crippen molar-refractivity contribution < 1.29 is 14.6 Å². The molecule has 154 valence electrons. The Kier molecular flexibility index (Phi) is 4.17. The molecular weight excluding hydrogens is 352 g/mol. The molecule has 1 aromatic rings. The summed E-state index contributed by atoms with van der Waals surface area (Å²) in [7, 11) is 0. The first kappa shape index (κ1) is 18.9. The average Bonchev–Trinajstić information content (AvgIpc) is 2.95. The van der Waals surface area contributed by atoms with E-state index in [0.29, 0.717) is 17.8 Å². The van der Waals surface area contributed by atoms with Crippen LogP contribution in [0.2, 0.25) is 0 Å². The lowest BCUT2D eigenvalue weighted by Crippen LogP contribution is -2.62. The van der Waals surface area contributed by atoms with E-state index in [4.69, 9.17) is 4.42 Å². The van der Waals surface area contributed by atoms with Crippen LogP contribution in [0.1, 0.15) is 83.1 Å². The van der Waals surface area contributed by atoms with E-state index in [1.165, 1.54) is 12.5 Å². The maximum Gasteiger partial charge on any atom is 0.335 e. The van der Waals surface area contributed by atoms with Crippen molar-refractivity contribution in [3.63, 3.8) is 0 Å². The molecule has 4 aliphatic rings. The van der Waals surface area contributed by atoms with Crippen LogP contribution in [0.4, 0.5) is 0 Å². The second-order valence-electron chi connectivity index (χ2n) is 10.8. The molecule has 4 heteroatoms. The zero-order valence-corrected chi connectivity index (χ0v) is 17.2. The van der Waals surface area contributed by atoms with Gasteiger partial charge in [0.15, 0.2) is 0 Å². The third kappa shape index (κ3) is 2.40. The Labute approximate surface area is 167 Å². The largest absolute Gasteiger partial charge is 0.431 e. The quantitative estimate of drug-likeness (QED) is 0.757. The number of hydrogen-bond donors (Lipinski definition) is 2. The molecule has 1 heterocycles. The van der Waals surface area contributed by atoms with Crippen LogP contribution in [0, 0.1) is 28.6 Å². The van der Waals surface area contributed by atoms with E-state index in [0.717, 1.165) is 56.9 Å². The van der Waals surface area contributed by atoms with Gasteiger partial charge in [0.1, 0.15) is 0 Å². The molecule has 1 aromatic heterocycles. The van der Waals surface area contributed by atoms with E-state index in [1.54, 1.807) is 6.26 Å². The van der Waals surface area contributed by atoms with Crippen LogP contribution in [-0.4, -0.2) is 21.9 Å². The van der Waals surface area contributed by atoms with Gasteiger partial charge in [-0.05, 0) is 98.5 Å². The Bertz CT molecular complexity index is 797. The van der Waals surface area contributed by atoms with Gasteiger partial charge in [-0.3, -0.25) is 0 Å². The predicted octanol–water partition coefficient (Wildman–Crippen LogP) is 4.24. The lowest BCUT2D eigenvalue weighted by Gasteiger charge is -2.63. The SMILES string of the molecule is C[C@]12CCC(O)CC1CCC1C2CC[C@]2(C)C(c3ccc(=O)oc3)CC[C@]12O. The van der Waals surface area contributed by atoms with E-state index >= 15 is 0 Å². The van der Waals surface area contributed by atoms with Crippen LogP contribution in [0.3, 0.4) is 0 Å². The van der Waals surface area contributed by atoms with Gasteiger partial charge < -0.3 is 14.6 Å². The molecule has 4 aliphatic carbocycles. The Morgan fingerprint density at radius 3 is 2.57 bits per heavy atom. The number of rotatable bonds is 1. The molecule has 2 N–H and O–H groups in total. The predicted molar refractivity (Wildman–Crippen MR) is 107 cm³/mol. The zero-order valence-electron chi connectivity index (χ0n) is 17.2. The third-order valence-corrected chi connectivity index (χ3v) is 9.95. The minimum atomic E-state index is -0.638. The smallest absolute Gasteiger partial charge is 0.335 e. The maximum atomic E-state index is 12.2. The molecule has 0 bridgehead atoms. The van der Waals surface area contributed by atoms with Crippen LogP contribution < -0.4 is 5.63 Å².